The van der Waals surface area contributed by atoms with Crippen molar-refractivity contribution in [3.63, 3.8) is 0 Å². The molecule has 4 nitrogen and oxygen atoms in total. The summed E-state index contributed by atoms with van der Waals surface area (Å²) in [6, 6.07) is 2.03. The second kappa shape index (κ2) is 2.76. The van der Waals surface area contributed by atoms with Gasteiger partial charge in [0.25, 0.3) is 5.91 Å². The highest BCUT2D eigenvalue weighted by Gasteiger charge is 2.21. The first-order valence-electron chi connectivity index (χ1n) is 3.63. The molecule has 1 aliphatic heterocycles. The lowest BCUT2D eigenvalue weighted by atomic mass is 10.2. The molecule has 0 fully saturated rings. The zero-order valence-corrected chi connectivity index (χ0v) is 7.15. The average Bonchev–Trinajstić information content (AvgIpc) is 2.49. The van der Waals surface area contributed by atoms with E-state index in [-0.39, 0.29) is 5.91 Å². The summed E-state index contributed by atoms with van der Waals surface area (Å²) in [6.07, 6.45) is -0.420. The van der Waals surface area contributed by atoms with Crippen LogP contribution < -0.4 is 16.4 Å². The monoisotopic (exact) mass is 183 g/mol. The van der Waals surface area contributed by atoms with E-state index in [1.54, 1.807) is 11.3 Å². The van der Waals surface area contributed by atoms with E-state index in [4.69, 9.17) is 5.73 Å². The first-order valence-corrected chi connectivity index (χ1v) is 4.51. The maximum Gasteiger partial charge on any atom is 0.254 e. The molecule has 1 atom stereocenters. The van der Waals surface area contributed by atoms with Gasteiger partial charge in [0.15, 0.2) is 6.17 Å². The van der Waals surface area contributed by atoms with Gasteiger partial charge in [0.2, 0.25) is 0 Å². The quantitative estimate of drug-likeness (QED) is 0.577. The van der Waals surface area contributed by atoms with Crippen LogP contribution in [0.15, 0.2) is 11.4 Å². The molecule has 4 N–H and O–H groups in total. The molecule has 2 heterocycles. The number of hydrogen-bond acceptors (Lipinski definition) is 4. The average molecular weight is 183 g/mol. The molecule has 0 radical (unpaired) electrons. The molecule has 0 spiro atoms. The van der Waals surface area contributed by atoms with Gasteiger partial charge < -0.3 is 11.1 Å². The molecule has 1 aromatic rings. The molecule has 12 heavy (non-hydrogen) atoms. The summed E-state index contributed by atoms with van der Waals surface area (Å²) < 4.78 is 0. The molecular formula is C7H9N3OS. The first kappa shape index (κ1) is 7.57. The Balaban J connectivity index is 2.20. The number of fused-ring (bicyclic) bond motifs is 1. The summed E-state index contributed by atoms with van der Waals surface area (Å²) in [5.74, 6) is -0.367. The van der Waals surface area contributed by atoms with Crippen molar-refractivity contribution in [2.75, 3.05) is 5.32 Å². The number of nitrogens with two attached hydrogens (primary N) is 1. The summed E-state index contributed by atoms with van der Waals surface area (Å²) in [7, 11) is 0. The topological polar surface area (TPSA) is 67.2 Å². The minimum atomic E-state index is -0.420. The summed E-state index contributed by atoms with van der Waals surface area (Å²) in [4.78, 5) is 10.8. The summed E-state index contributed by atoms with van der Waals surface area (Å²) in [5.41, 5.74) is 6.33. The molecule has 1 amide bonds. The minimum Gasteiger partial charge on any atom is -0.367 e. The van der Waals surface area contributed by atoms with Crippen LogP contribution in [0.25, 0.3) is 0 Å². The van der Waals surface area contributed by atoms with Crippen LogP contribution in [-0.2, 0) is 11.3 Å². The van der Waals surface area contributed by atoms with Crippen molar-refractivity contribution in [3.8, 4) is 0 Å². The number of anilines is 1. The van der Waals surface area contributed by atoms with Gasteiger partial charge in [-0.3, -0.25) is 10.1 Å². The smallest absolute Gasteiger partial charge is 0.254 e. The maximum atomic E-state index is 10.8. The Morgan fingerprint density at radius 1 is 1.75 bits per heavy atom. The molecule has 0 bridgehead atoms. The Morgan fingerprint density at radius 3 is 3.33 bits per heavy atom. The number of thiophene rings is 1. The second-order valence-corrected chi connectivity index (χ2v) is 3.55. The van der Waals surface area contributed by atoms with Gasteiger partial charge in [-0.25, -0.2) is 0 Å². The Kier molecular flexibility index (Phi) is 1.74. The normalized spacial score (nSPS) is 21.2. The highest BCUT2D eigenvalue weighted by Crippen LogP contribution is 2.26. The van der Waals surface area contributed by atoms with Gasteiger partial charge >= 0.3 is 0 Å². The molecule has 64 valence electrons. The van der Waals surface area contributed by atoms with Gasteiger partial charge in [-0.2, -0.15) is 0 Å². The predicted molar refractivity (Wildman–Crippen MR) is 47.8 cm³/mol. The van der Waals surface area contributed by atoms with Gasteiger partial charge in [-0.15, -0.1) is 11.3 Å². The molecule has 0 saturated carbocycles. The van der Waals surface area contributed by atoms with Crippen LogP contribution in [0, 0.1) is 0 Å². The maximum absolute atomic E-state index is 10.8. The van der Waals surface area contributed by atoms with E-state index >= 15 is 0 Å². The van der Waals surface area contributed by atoms with Crippen LogP contribution in [0.3, 0.4) is 0 Å². The first-order chi connectivity index (χ1) is 5.77. The molecule has 2 rings (SSSR count). The lowest BCUT2D eigenvalue weighted by Crippen LogP contribution is -2.48. The molecule has 1 aromatic heterocycles. The third kappa shape index (κ3) is 1.17. The van der Waals surface area contributed by atoms with Crippen molar-refractivity contribution >= 4 is 22.2 Å². The van der Waals surface area contributed by atoms with E-state index in [2.05, 4.69) is 10.6 Å². The largest absolute Gasteiger partial charge is 0.367 e. The molecule has 1 unspecified atom stereocenters. The third-order valence-electron chi connectivity index (χ3n) is 1.80. The minimum absolute atomic E-state index is 0.367. The zero-order valence-electron chi connectivity index (χ0n) is 6.33. The zero-order chi connectivity index (χ0) is 8.55. The summed E-state index contributed by atoms with van der Waals surface area (Å²) >= 11 is 1.59. The molecule has 0 aliphatic carbocycles. The Morgan fingerprint density at radius 2 is 2.58 bits per heavy atom. The number of carbonyl (C=O) groups is 1. The van der Waals surface area contributed by atoms with Crippen LogP contribution in [0.2, 0.25) is 0 Å². The molecule has 5 heteroatoms. The van der Waals surface area contributed by atoms with Crippen molar-refractivity contribution < 1.29 is 4.79 Å². The Hall–Kier alpha value is -1.07. The van der Waals surface area contributed by atoms with Gasteiger partial charge in [0.1, 0.15) is 0 Å². The fourth-order valence-electron chi connectivity index (χ4n) is 1.17. The Labute approximate surface area is 73.8 Å². The molecule has 0 saturated heterocycles. The SMILES string of the molecule is NC(=O)C1NCc2ccsc2N1. The van der Waals surface area contributed by atoms with Gasteiger partial charge in [-0.05, 0) is 11.4 Å². The van der Waals surface area contributed by atoms with Crippen molar-refractivity contribution in [2.45, 2.75) is 12.7 Å². The third-order valence-corrected chi connectivity index (χ3v) is 2.69. The van der Waals surface area contributed by atoms with Crippen LogP contribution in [0.1, 0.15) is 5.56 Å². The number of amides is 1. The van der Waals surface area contributed by atoms with Crippen molar-refractivity contribution in [3.05, 3.63) is 17.0 Å². The molecule has 0 aromatic carbocycles. The van der Waals surface area contributed by atoms with Crippen molar-refractivity contribution in [1.29, 1.82) is 0 Å². The van der Waals surface area contributed by atoms with E-state index < -0.39 is 6.17 Å². The molecular weight excluding hydrogens is 174 g/mol. The van der Waals surface area contributed by atoms with E-state index in [0.29, 0.717) is 6.54 Å². The van der Waals surface area contributed by atoms with Crippen molar-refractivity contribution in [1.82, 2.24) is 5.32 Å². The summed E-state index contributed by atoms with van der Waals surface area (Å²) in [5, 5.41) is 9.02. The van der Waals surface area contributed by atoms with E-state index in [9.17, 15) is 4.79 Å². The van der Waals surface area contributed by atoms with Crippen LogP contribution in [0.4, 0.5) is 5.00 Å². The number of nitrogens with one attached hydrogen (secondary N) is 2. The van der Waals surface area contributed by atoms with Gasteiger partial charge in [0, 0.05) is 12.1 Å². The standard InChI is InChI=1S/C7H9N3OS/c8-5(11)6-9-3-4-1-2-12-7(4)10-6/h1-2,6,9-10H,3H2,(H2,8,11). The van der Waals surface area contributed by atoms with Crippen molar-refractivity contribution in [2.24, 2.45) is 5.73 Å². The predicted octanol–water partition coefficient (Wildman–Crippen LogP) is 0.0746. The van der Waals surface area contributed by atoms with Gasteiger partial charge in [-0.1, -0.05) is 0 Å². The number of hydrogen-bond donors (Lipinski definition) is 3. The van der Waals surface area contributed by atoms with Crippen LogP contribution >= 0.6 is 11.3 Å². The highest BCUT2D eigenvalue weighted by molar-refractivity contribution is 7.14. The summed E-state index contributed by atoms with van der Waals surface area (Å²) in [6.45, 7) is 0.708. The molecule has 1 aliphatic rings. The number of primary amides is 1. The van der Waals surface area contributed by atoms with E-state index in [1.165, 1.54) is 5.56 Å². The lowest BCUT2D eigenvalue weighted by molar-refractivity contribution is -0.119. The van der Waals surface area contributed by atoms with Crippen LogP contribution in [0.5, 0.6) is 0 Å². The van der Waals surface area contributed by atoms with Crippen LogP contribution in [-0.4, -0.2) is 12.1 Å². The van der Waals surface area contributed by atoms with Gasteiger partial charge in [0.05, 0.1) is 5.00 Å². The fourth-order valence-corrected chi connectivity index (χ4v) is 2.01. The Bertz CT molecular complexity index is 309. The second-order valence-electron chi connectivity index (χ2n) is 2.64. The lowest BCUT2D eigenvalue weighted by Gasteiger charge is -2.22. The number of carbonyl (C=O) groups excluding carboxylic acids is 1. The number of rotatable bonds is 1. The van der Waals surface area contributed by atoms with E-state index in [1.807, 2.05) is 11.4 Å². The fraction of sp³-hybridized carbons (Fsp3) is 0.286. The highest BCUT2D eigenvalue weighted by atomic mass is 32.1. The van der Waals surface area contributed by atoms with E-state index in [0.717, 1.165) is 5.00 Å².